The minimum absolute atomic E-state index is 0.0382. The monoisotopic (exact) mass is 285 g/mol. The SMILES string of the molecule is O=C(CCN1CCOCC1CO)c1cc(F)cc(F)c1. The maximum absolute atomic E-state index is 13.0. The highest BCUT2D eigenvalue weighted by molar-refractivity contribution is 5.96. The average Bonchev–Trinajstić information content (AvgIpc) is 2.44. The Labute approximate surface area is 116 Å². The van der Waals surface area contributed by atoms with Crippen LogP contribution in [0.4, 0.5) is 8.78 Å². The number of ether oxygens (including phenoxy) is 1. The summed E-state index contributed by atoms with van der Waals surface area (Å²) in [4.78, 5) is 13.9. The Balaban J connectivity index is 1.94. The molecule has 1 saturated heterocycles. The van der Waals surface area contributed by atoms with E-state index in [1.165, 1.54) is 0 Å². The van der Waals surface area contributed by atoms with Gasteiger partial charge in [0.1, 0.15) is 11.6 Å². The Kier molecular flexibility index (Phi) is 5.17. The molecule has 1 aromatic carbocycles. The predicted octanol–water partition coefficient (Wildman–Crippen LogP) is 1.23. The maximum Gasteiger partial charge on any atom is 0.164 e. The molecule has 1 N–H and O–H groups in total. The van der Waals surface area contributed by atoms with E-state index in [2.05, 4.69) is 0 Å². The lowest BCUT2D eigenvalue weighted by atomic mass is 10.1. The molecule has 0 aromatic heterocycles. The van der Waals surface area contributed by atoms with E-state index >= 15 is 0 Å². The Hall–Kier alpha value is -1.37. The lowest BCUT2D eigenvalue weighted by Crippen LogP contribution is -2.48. The Morgan fingerprint density at radius 3 is 2.70 bits per heavy atom. The topological polar surface area (TPSA) is 49.8 Å². The second-order valence-corrected chi connectivity index (χ2v) is 4.78. The zero-order chi connectivity index (χ0) is 14.5. The van der Waals surface area contributed by atoms with Crippen molar-refractivity contribution in [3.8, 4) is 0 Å². The van der Waals surface area contributed by atoms with Gasteiger partial charge in [0.15, 0.2) is 5.78 Å². The molecule has 110 valence electrons. The summed E-state index contributed by atoms with van der Waals surface area (Å²) in [6.07, 6.45) is 0.152. The summed E-state index contributed by atoms with van der Waals surface area (Å²) < 4.78 is 31.3. The minimum Gasteiger partial charge on any atom is -0.395 e. The van der Waals surface area contributed by atoms with Gasteiger partial charge in [0.25, 0.3) is 0 Å². The lowest BCUT2D eigenvalue weighted by Gasteiger charge is -2.34. The summed E-state index contributed by atoms with van der Waals surface area (Å²) in [5, 5.41) is 9.21. The van der Waals surface area contributed by atoms with E-state index in [-0.39, 0.29) is 30.4 Å². The number of benzene rings is 1. The molecule has 1 fully saturated rings. The molecule has 0 bridgehead atoms. The van der Waals surface area contributed by atoms with Gasteiger partial charge in [0.2, 0.25) is 0 Å². The molecule has 1 unspecified atom stereocenters. The van der Waals surface area contributed by atoms with Crippen molar-refractivity contribution >= 4 is 5.78 Å². The third-order valence-corrected chi connectivity index (χ3v) is 3.37. The molecule has 1 atom stereocenters. The largest absolute Gasteiger partial charge is 0.395 e. The van der Waals surface area contributed by atoms with Crippen molar-refractivity contribution in [1.82, 2.24) is 4.90 Å². The molecule has 4 nitrogen and oxygen atoms in total. The van der Waals surface area contributed by atoms with Crippen LogP contribution in [0.25, 0.3) is 0 Å². The highest BCUT2D eigenvalue weighted by Crippen LogP contribution is 2.12. The van der Waals surface area contributed by atoms with Gasteiger partial charge in [0, 0.05) is 31.1 Å². The van der Waals surface area contributed by atoms with Gasteiger partial charge < -0.3 is 9.84 Å². The number of ketones is 1. The Bertz CT molecular complexity index is 461. The zero-order valence-corrected chi connectivity index (χ0v) is 11.0. The van der Waals surface area contributed by atoms with Gasteiger partial charge in [-0.3, -0.25) is 9.69 Å². The molecular weight excluding hydrogens is 268 g/mol. The first-order chi connectivity index (χ1) is 9.60. The fraction of sp³-hybridized carbons (Fsp3) is 0.500. The van der Waals surface area contributed by atoms with Gasteiger partial charge in [-0.15, -0.1) is 0 Å². The van der Waals surface area contributed by atoms with Crippen LogP contribution < -0.4 is 0 Å². The number of rotatable bonds is 5. The van der Waals surface area contributed by atoms with Crippen molar-refractivity contribution in [3.05, 3.63) is 35.4 Å². The number of morpholine rings is 1. The Morgan fingerprint density at radius 1 is 1.35 bits per heavy atom. The molecule has 0 radical (unpaired) electrons. The van der Waals surface area contributed by atoms with Gasteiger partial charge >= 0.3 is 0 Å². The van der Waals surface area contributed by atoms with Crippen LogP contribution in [0, 0.1) is 11.6 Å². The average molecular weight is 285 g/mol. The molecule has 0 saturated carbocycles. The molecular formula is C14H17F2NO3. The van der Waals surface area contributed by atoms with Crippen LogP contribution in [-0.4, -0.2) is 54.7 Å². The fourth-order valence-corrected chi connectivity index (χ4v) is 2.26. The number of aliphatic hydroxyl groups excluding tert-OH is 1. The van der Waals surface area contributed by atoms with Gasteiger partial charge in [-0.1, -0.05) is 0 Å². The summed E-state index contributed by atoms with van der Waals surface area (Å²) in [6, 6.07) is 2.68. The van der Waals surface area contributed by atoms with Crippen molar-refractivity contribution in [2.75, 3.05) is 32.9 Å². The molecule has 1 aromatic rings. The van der Waals surface area contributed by atoms with Crippen LogP contribution in [0.2, 0.25) is 0 Å². The van der Waals surface area contributed by atoms with Crippen molar-refractivity contribution < 1.29 is 23.4 Å². The molecule has 0 spiro atoms. The normalized spacial score (nSPS) is 20.1. The second-order valence-electron chi connectivity index (χ2n) is 4.78. The van der Waals surface area contributed by atoms with Gasteiger partial charge in [0.05, 0.1) is 25.9 Å². The summed E-state index contributed by atoms with van der Waals surface area (Å²) >= 11 is 0. The van der Waals surface area contributed by atoms with Crippen molar-refractivity contribution in [3.63, 3.8) is 0 Å². The van der Waals surface area contributed by atoms with Crippen LogP contribution in [0.5, 0.6) is 0 Å². The quantitative estimate of drug-likeness (QED) is 0.827. The number of Topliss-reactive ketones (excluding diaryl/α,β-unsaturated/α-hetero) is 1. The molecule has 6 heteroatoms. The molecule has 0 amide bonds. The van der Waals surface area contributed by atoms with Gasteiger partial charge in [-0.2, -0.15) is 0 Å². The number of aliphatic hydroxyl groups is 1. The smallest absolute Gasteiger partial charge is 0.164 e. The van der Waals surface area contributed by atoms with Crippen molar-refractivity contribution in [2.45, 2.75) is 12.5 Å². The van der Waals surface area contributed by atoms with Gasteiger partial charge in [-0.25, -0.2) is 8.78 Å². The van der Waals surface area contributed by atoms with E-state index in [0.29, 0.717) is 26.3 Å². The zero-order valence-electron chi connectivity index (χ0n) is 11.0. The number of carbonyl (C=O) groups excluding carboxylic acids is 1. The number of carbonyl (C=O) groups is 1. The van der Waals surface area contributed by atoms with Crippen molar-refractivity contribution in [2.24, 2.45) is 0 Å². The minimum atomic E-state index is -0.757. The maximum atomic E-state index is 13.0. The number of hydrogen-bond donors (Lipinski definition) is 1. The number of nitrogens with zero attached hydrogens (tertiary/aromatic N) is 1. The first kappa shape index (κ1) is 15.0. The van der Waals surface area contributed by atoms with Crippen LogP contribution in [0.15, 0.2) is 18.2 Å². The summed E-state index contributed by atoms with van der Waals surface area (Å²) in [6.45, 7) is 2.02. The molecule has 1 aliphatic heterocycles. The lowest BCUT2D eigenvalue weighted by molar-refractivity contribution is -0.0270. The van der Waals surface area contributed by atoms with E-state index in [9.17, 15) is 18.7 Å². The van der Waals surface area contributed by atoms with E-state index in [0.717, 1.165) is 18.2 Å². The standard InChI is InChI=1S/C14H17F2NO3/c15-11-5-10(6-12(16)7-11)14(19)1-2-17-3-4-20-9-13(17)8-18/h5-7,13,18H,1-4,8-9H2. The van der Waals surface area contributed by atoms with E-state index in [4.69, 9.17) is 4.74 Å². The molecule has 1 heterocycles. The third kappa shape index (κ3) is 3.82. The molecule has 0 aliphatic carbocycles. The van der Waals surface area contributed by atoms with Gasteiger partial charge in [-0.05, 0) is 12.1 Å². The first-order valence-corrected chi connectivity index (χ1v) is 6.52. The fourth-order valence-electron chi connectivity index (χ4n) is 2.26. The van der Waals surface area contributed by atoms with Crippen LogP contribution in [0.1, 0.15) is 16.8 Å². The predicted molar refractivity (Wildman–Crippen MR) is 68.6 cm³/mol. The van der Waals surface area contributed by atoms with E-state index in [1.54, 1.807) is 0 Å². The molecule has 2 rings (SSSR count). The molecule has 20 heavy (non-hydrogen) atoms. The number of halogens is 2. The highest BCUT2D eigenvalue weighted by Gasteiger charge is 2.22. The molecule has 1 aliphatic rings. The summed E-state index contributed by atoms with van der Waals surface area (Å²) in [5.74, 6) is -1.83. The third-order valence-electron chi connectivity index (χ3n) is 3.37. The van der Waals surface area contributed by atoms with Crippen LogP contribution in [-0.2, 0) is 4.74 Å². The van der Waals surface area contributed by atoms with E-state index in [1.807, 2.05) is 4.90 Å². The summed E-state index contributed by atoms with van der Waals surface area (Å²) in [5.41, 5.74) is 0.0382. The first-order valence-electron chi connectivity index (χ1n) is 6.52. The van der Waals surface area contributed by atoms with Crippen LogP contribution >= 0.6 is 0 Å². The Morgan fingerprint density at radius 2 is 2.05 bits per heavy atom. The van der Waals surface area contributed by atoms with E-state index < -0.39 is 11.6 Å². The second kappa shape index (κ2) is 6.88. The van der Waals surface area contributed by atoms with Crippen LogP contribution in [0.3, 0.4) is 0 Å². The highest BCUT2D eigenvalue weighted by atomic mass is 19.1. The summed E-state index contributed by atoms with van der Waals surface area (Å²) in [7, 11) is 0. The number of hydrogen-bond acceptors (Lipinski definition) is 4. The van der Waals surface area contributed by atoms with Crippen molar-refractivity contribution in [1.29, 1.82) is 0 Å².